The van der Waals surface area contributed by atoms with Crippen molar-refractivity contribution in [3.63, 3.8) is 0 Å². The first-order chi connectivity index (χ1) is 11.6. The average Bonchev–Trinajstić information content (AvgIpc) is 2.91. The number of nitrogens with zero attached hydrogens (tertiary/aromatic N) is 2. The molecule has 1 atom stereocenters. The Kier molecular flexibility index (Phi) is 4.46. The van der Waals surface area contributed by atoms with E-state index in [1.54, 1.807) is 11.5 Å². The number of rotatable bonds is 4. The second-order valence-corrected chi connectivity index (χ2v) is 5.62. The van der Waals surface area contributed by atoms with Crippen LogP contribution in [0.5, 0.6) is 0 Å². The van der Waals surface area contributed by atoms with Gasteiger partial charge in [-0.05, 0) is 32.4 Å². The quantitative estimate of drug-likeness (QED) is 0.875. The number of allylic oxidation sites excluding steroid dienone is 1. The largest absolute Gasteiger partial charge is 0.462 e. The smallest absolute Gasteiger partial charge is 0.345 e. The van der Waals surface area contributed by atoms with Crippen LogP contribution in [0.4, 0.5) is 5.69 Å². The maximum Gasteiger partial charge on any atom is 0.345 e. The topological polar surface area (TPSA) is 73.2 Å². The highest BCUT2D eigenvalue weighted by Crippen LogP contribution is 2.31. The number of esters is 1. The van der Waals surface area contributed by atoms with E-state index < -0.39 is 5.97 Å². The zero-order chi connectivity index (χ0) is 17.1. The van der Waals surface area contributed by atoms with Crippen molar-refractivity contribution < 1.29 is 9.53 Å². The Morgan fingerprint density at radius 2 is 2.17 bits per heavy atom. The van der Waals surface area contributed by atoms with E-state index in [2.05, 4.69) is 10.3 Å². The first-order valence-corrected chi connectivity index (χ1v) is 7.91. The highest BCUT2D eigenvalue weighted by molar-refractivity contribution is 5.88. The SMILES string of the molecule is CCOC(=O)c1cnc2n(c1=O)C(C)CC2=CNc1ccccc1. The summed E-state index contributed by atoms with van der Waals surface area (Å²) in [5, 5.41) is 3.22. The van der Waals surface area contributed by atoms with Gasteiger partial charge in [-0.3, -0.25) is 9.36 Å². The predicted molar refractivity (Wildman–Crippen MR) is 91.8 cm³/mol. The van der Waals surface area contributed by atoms with Gasteiger partial charge in [-0.25, -0.2) is 9.78 Å². The third-order valence-electron chi connectivity index (χ3n) is 3.92. The summed E-state index contributed by atoms with van der Waals surface area (Å²) in [6.07, 6.45) is 3.84. The van der Waals surface area contributed by atoms with E-state index in [1.165, 1.54) is 6.20 Å². The van der Waals surface area contributed by atoms with Crippen molar-refractivity contribution >= 4 is 17.2 Å². The Morgan fingerprint density at radius 3 is 2.88 bits per heavy atom. The Labute approximate surface area is 139 Å². The van der Waals surface area contributed by atoms with E-state index in [4.69, 9.17) is 4.74 Å². The van der Waals surface area contributed by atoms with Crippen LogP contribution < -0.4 is 10.9 Å². The number of ether oxygens (including phenoxy) is 1. The van der Waals surface area contributed by atoms with E-state index in [0.717, 1.165) is 11.3 Å². The lowest BCUT2D eigenvalue weighted by molar-refractivity contribution is 0.0523. The van der Waals surface area contributed by atoms with Crippen molar-refractivity contribution in [2.24, 2.45) is 0 Å². The molecule has 1 aromatic heterocycles. The van der Waals surface area contributed by atoms with Crippen LogP contribution in [0.2, 0.25) is 0 Å². The van der Waals surface area contributed by atoms with Gasteiger partial charge in [-0.2, -0.15) is 0 Å². The van der Waals surface area contributed by atoms with Crippen LogP contribution in [0, 0.1) is 0 Å². The minimum atomic E-state index is -0.627. The number of carbonyl (C=O) groups excluding carboxylic acids is 1. The summed E-state index contributed by atoms with van der Waals surface area (Å²) >= 11 is 0. The summed E-state index contributed by atoms with van der Waals surface area (Å²) in [6.45, 7) is 3.86. The molecule has 0 saturated heterocycles. The summed E-state index contributed by atoms with van der Waals surface area (Å²) in [5.74, 6) is -0.0404. The first kappa shape index (κ1) is 16.0. The molecule has 0 spiro atoms. The molecule has 0 saturated carbocycles. The van der Waals surface area contributed by atoms with Gasteiger partial charge in [0.25, 0.3) is 5.56 Å². The lowest BCUT2D eigenvalue weighted by Gasteiger charge is -2.09. The van der Waals surface area contributed by atoms with Gasteiger partial charge in [0.2, 0.25) is 0 Å². The average molecular weight is 325 g/mol. The monoisotopic (exact) mass is 325 g/mol. The summed E-state index contributed by atoms with van der Waals surface area (Å²) in [4.78, 5) is 28.8. The molecule has 0 aliphatic carbocycles. The highest BCUT2D eigenvalue weighted by atomic mass is 16.5. The van der Waals surface area contributed by atoms with E-state index in [0.29, 0.717) is 12.2 Å². The number of carbonyl (C=O) groups is 1. The molecule has 6 nitrogen and oxygen atoms in total. The molecule has 0 radical (unpaired) electrons. The first-order valence-electron chi connectivity index (χ1n) is 7.91. The second-order valence-electron chi connectivity index (χ2n) is 5.62. The number of benzene rings is 1. The normalized spacial score (nSPS) is 17.6. The number of anilines is 1. The van der Waals surface area contributed by atoms with Crippen LogP contribution in [0.25, 0.3) is 5.57 Å². The zero-order valence-electron chi connectivity index (χ0n) is 13.7. The molecule has 0 fully saturated rings. The van der Waals surface area contributed by atoms with Gasteiger partial charge in [-0.15, -0.1) is 0 Å². The van der Waals surface area contributed by atoms with Crippen molar-refractivity contribution in [1.29, 1.82) is 0 Å². The molecule has 1 unspecified atom stereocenters. The molecular formula is C18H19N3O3. The second kappa shape index (κ2) is 6.70. The van der Waals surface area contributed by atoms with Crippen LogP contribution in [0.3, 0.4) is 0 Å². The summed E-state index contributed by atoms with van der Waals surface area (Å²) < 4.78 is 6.48. The van der Waals surface area contributed by atoms with Gasteiger partial charge in [-0.1, -0.05) is 18.2 Å². The van der Waals surface area contributed by atoms with Crippen molar-refractivity contribution in [1.82, 2.24) is 9.55 Å². The molecule has 1 N–H and O–H groups in total. The number of hydrogen-bond acceptors (Lipinski definition) is 5. The Balaban J connectivity index is 1.94. The number of fused-ring (bicyclic) bond motifs is 1. The molecule has 1 aromatic carbocycles. The van der Waals surface area contributed by atoms with Crippen molar-refractivity contribution in [2.45, 2.75) is 26.3 Å². The molecule has 0 amide bonds. The van der Waals surface area contributed by atoms with Crippen molar-refractivity contribution in [3.8, 4) is 0 Å². The summed E-state index contributed by atoms with van der Waals surface area (Å²) in [7, 11) is 0. The van der Waals surface area contributed by atoms with E-state index >= 15 is 0 Å². The third-order valence-corrected chi connectivity index (χ3v) is 3.92. The lowest BCUT2D eigenvalue weighted by Crippen LogP contribution is -2.29. The van der Waals surface area contributed by atoms with Gasteiger partial charge in [0.1, 0.15) is 11.4 Å². The van der Waals surface area contributed by atoms with E-state index in [-0.39, 0.29) is 23.8 Å². The van der Waals surface area contributed by atoms with Gasteiger partial charge < -0.3 is 10.1 Å². The highest BCUT2D eigenvalue weighted by Gasteiger charge is 2.28. The molecule has 1 aliphatic heterocycles. The number of nitrogens with one attached hydrogen (secondary N) is 1. The molecule has 124 valence electrons. The summed E-state index contributed by atoms with van der Waals surface area (Å²) in [5.41, 5.74) is 1.51. The number of hydrogen-bond donors (Lipinski definition) is 1. The summed E-state index contributed by atoms with van der Waals surface area (Å²) in [6, 6.07) is 9.70. The van der Waals surface area contributed by atoms with Crippen LogP contribution in [0.15, 0.2) is 47.5 Å². The molecule has 6 heteroatoms. The minimum Gasteiger partial charge on any atom is -0.462 e. The van der Waals surface area contributed by atoms with Gasteiger partial charge in [0.15, 0.2) is 0 Å². The van der Waals surface area contributed by atoms with Gasteiger partial charge in [0, 0.05) is 29.7 Å². The van der Waals surface area contributed by atoms with Crippen LogP contribution in [-0.2, 0) is 4.74 Å². The van der Waals surface area contributed by atoms with Gasteiger partial charge in [0.05, 0.1) is 6.61 Å². The van der Waals surface area contributed by atoms with Crippen LogP contribution in [0.1, 0.15) is 42.5 Å². The third kappa shape index (κ3) is 2.95. The molecular weight excluding hydrogens is 306 g/mol. The predicted octanol–water partition coefficient (Wildman–Crippen LogP) is 2.84. The van der Waals surface area contributed by atoms with Crippen LogP contribution >= 0.6 is 0 Å². The lowest BCUT2D eigenvalue weighted by atomic mass is 10.2. The number of aromatic nitrogens is 2. The standard InChI is InChI=1S/C18H19N3O3/c1-3-24-18(23)15-11-20-16-13(9-12(2)21(16)17(15)22)10-19-14-7-5-4-6-8-14/h4-8,10-12,19H,3,9H2,1-2H3. The van der Waals surface area contributed by atoms with Gasteiger partial charge >= 0.3 is 5.97 Å². The molecule has 1 aliphatic rings. The van der Waals surface area contributed by atoms with E-state index in [9.17, 15) is 9.59 Å². The minimum absolute atomic E-state index is 0.0234. The fourth-order valence-corrected chi connectivity index (χ4v) is 2.79. The van der Waals surface area contributed by atoms with Crippen molar-refractivity contribution in [3.05, 3.63) is 64.5 Å². The van der Waals surface area contributed by atoms with Crippen molar-refractivity contribution in [2.75, 3.05) is 11.9 Å². The van der Waals surface area contributed by atoms with E-state index in [1.807, 2.05) is 43.5 Å². The number of para-hydroxylation sites is 1. The Bertz CT molecular complexity index is 840. The fraction of sp³-hybridized carbons (Fsp3) is 0.278. The molecule has 2 heterocycles. The molecule has 24 heavy (non-hydrogen) atoms. The Morgan fingerprint density at radius 1 is 1.42 bits per heavy atom. The molecule has 3 rings (SSSR count). The maximum atomic E-state index is 12.6. The molecule has 2 aromatic rings. The molecule has 0 bridgehead atoms. The zero-order valence-corrected chi connectivity index (χ0v) is 13.7. The fourth-order valence-electron chi connectivity index (χ4n) is 2.79. The maximum absolute atomic E-state index is 12.6. The van der Waals surface area contributed by atoms with Crippen LogP contribution in [-0.4, -0.2) is 22.1 Å². The Hall–Kier alpha value is -2.89.